The van der Waals surface area contributed by atoms with E-state index in [0.717, 1.165) is 6.42 Å². The molecule has 0 bridgehead atoms. The summed E-state index contributed by atoms with van der Waals surface area (Å²) in [7, 11) is 0. The lowest BCUT2D eigenvalue weighted by Crippen LogP contribution is -2.29. The summed E-state index contributed by atoms with van der Waals surface area (Å²) in [5.41, 5.74) is 5.04. The fourth-order valence-corrected chi connectivity index (χ4v) is 0.782. The molecule has 0 aromatic carbocycles. The van der Waals surface area contributed by atoms with E-state index in [0.29, 0.717) is 19.8 Å². The number of amides is 1. The SMILES string of the molecule is CCOCCCNC(=O)CC(=N)N. The second kappa shape index (κ2) is 7.54. The van der Waals surface area contributed by atoms with Gasteiger partial charge in [0, 0.05) is 19.8 Å². The molecule has 4 N–H and O–H groups in total. The molecule has 0 heterocycles. The molecule has 0 saturated carbocycles. The fraction of sp³-hybridized carbons (Fsp3) is 0.750. The van der Waals surface area contributed by atoms with Crippen LogP contribution in [0.5, 0.6) is 0 Å². The molecule has 1 amide bonds. The maximum atomic E-state index is 10.9. The molecule has 0 rings (SSSR count). The summed E-state index contributed by atoms with van der Waals surface area (Å²) in [6.45, 7) is 3.85. The number of ether oxygens (including phenoxy) is 1. The summed E-state index contributed by atoms with van der Waals surface area (Å²) < 4.78 is 5.08. The zero-order valence-electron chi connectivity index (χ0n) is 7.93. The lowest BCUT2D eigenvalue weighted by Gasteiger charge is -2.04. The summed E-state index contributed by atoms with van der Waals surface area (Å²) in [4.78, 5) is 10.9. The molecule has 5 heteroatoms. The van der Waals surface area contributed by atoms with Crippen LogP contribution in [0.2, 0.25) is 0 Å². The van der Waals surface area contributed by atoms with Gasteiger partial charge in [-0.15, -0.1) is 0 Å². The van der Waals surface area contributed by atoms with E-state index in [9.17, 15) is 4.79 Å². The number of hydrogen-bond donors (Lipinski definition) is 3. The third-order valence-corrected chi connectivity index (χ3v) is 1.34. The first-order chi connectivity index (χ1) is 6.16. The molecule has 0 atom stereocenters. The van der Waals surface area contributed by atoms with E-state index in [4.69, 9.17) is 15.9 Å². The predicted molar refractivity (Wildman–Crippen MR) is 50.7 cm³/mol. The lowest BCUT2D eigenvalue weighted by molar-refractivity contribution is -0.119. The minimum absolute atomic E-state index is 0.0192. The minimum atomic E-state index is -0.205. The van der Waals surface area contributed by atoms with Crippen molar-refractivity contribution in [3.63, 3.8) is 0 Å². The van der Waals surface area contributed by atoms with Crippen molar-refractivity contribution in [2.24, 2.45) is 5.73 Å². The molecule has 0 radical (unpaired) electrons. The molecule has 0 saturated heterocycles. The number of nitrogens with two attached hydrogens (primary N) is 1. The van der Waals surface area contributed by atoms with Crippen LogP contribution >= 0.6 is 0 Å². The molecule has 0 aliphatic rings. The molecule has 76 valence electrons. The Bertz CT molecular complexity index is 171. The number of rotatable bonds is 7. The molecule has 0 aromatic rings. The van der Waals surface area contributed by atoms with Gasteiger partial charge in [0.1, 0.15) is 0 Å². The van der Waals surface area contributed by atoms with Gasteiger partial charge in [0.25, 0.3) is 0 Å². The van der Waals surface area contributed by atoms with Crippen LogP contribution in [0.4, 0.5) is 0 Å². The Balaban J connectivity index is 3.22. The van der Waals surface area contributed by atoms with Gasteiger partial charge in [0.05, 0.1) is 12.3 Å². The van der Waals surface area contributed by atoms with Crippen molar-refractivity contribution < 1.29 is 9.53 Å². The zero-order valence-corrected chi connectivity index (χ0v) is 7.93. The van der Waals surface area contributed by atoms with E-state index in [1.54, 1.807) is 0 Å². The van der Waals surface area contributed by atoms with Gasteiger partial charge < -0.3 is 15.8 Å². The molecule has 0 unspecified atom stereocenters. The zero-order chi connectivity index (χ0) is 10.1. The van der Waals surface area contributed by atoms with Crippen molar-refractivity contribution in [3.8, 4) is 0 Å². The van der Waals surface area contributed by atoms with Gasteiger partial charge in [-0.05, 0) is 13.3 Å². The molecule has 0 aromatic heterocycles. The average Bonchev–Trinajstić information content (AvgIpc) is 2.02. The highest BCUT2D eigenvalue weighted by molar-refractivity contribution is 5.97. The standard InChI is InChI=1S/C8H17N3O2/c1-2-13-5-3-4-11-8(12)6-7(9)10/h2-6H2,1H3,(H3,9,10)(H,11,12). The fourth-order valence-electron chi connectivity index (χ4n) is 0.782. The van der Waals surface area contributed by atoms with Crippen LogP contribution in [-0.2, 0) is 9.53 Å². The monoisotopic (exact) mass is 187 g/mol. The van der Waals surface area contributed by atoms with Crippen LogP contribution in [0, 0.1) is 5.41 Å². The number of amidine groups is 1. The van der Waals surface area contributed by atoms with E-state index in [-0.39, 0.29) is 18.2 Å². The van der Waals surface area contributed by atoms with Crippen molar-refractivity contribution >= 4 is 11.7 Å². The number of carbonyl (C=O) groups excluding carboxylic acids is 1. The lowest BCUT2D eigenvalue weighted by atomic mass is 10.3. The second-order valence-corrected chi connectivity index (χ2v) is 2.60. The normalized spacial score (nSPS) is 9.62. The van der Waals surface area contributed by atoms with Crippen molar-refractivity contribution in [3.05, 3.63) is 0 Å². The maximum absolute atomic E-state index is 10.9. The topological polar surface area (TPSA) is 88.2 Å². The minimum Gasteiger partial charge on any atom is -0.387 e. The highest BCUT2D eigenvalue weighted by atomic mass is 16.5. The van der Waals surface area contributed by atoms with E-state index >= 15 is 0 Å². The molecule has 5 nitrogen and oxygen atoms in total. The van der Waals surface area contributed by atoms with Gasteiger partial charge >= 0.3 is 0 Å². The molecule has 13 heavy (non-hydrogen) atoms. The first-order valence-corrected chi connectivity index (χ1v) is 4.34. The summed E-state index contributed by atoms with van der Waals surface area (Å²) in [5, 5.41) is 9.50. The molecular formula is C8H17N3O2. The van der Waals surface area contributed by atoms with Crippen molar-refractivity contribution in [2.45, 2.75) is 19.8 Å². The van der Waals surface area contributed by atoms with Crippen LogP contribution in [0.3, 0.4) is 0 Å². The maximum Gasteiger partial charge on any atom is 0.227 e. The van der Waals surface area contributed by atoms with E-state index in [2.05, 4.69) is 5.32 Å². The van der Waals surface area contributed by atoms with Gasteiger partial charge in [-0.3, -0.25) is 10.2 Å². The first kappa shape index (κ1) is 11.9. The largest absolute Gasteiger partial charge is 0.387 e. The molecule has 0 fully saturated rings. The number of nitrogens with one attached hydrogen (secondary N) is 2. The Morgan fingerprint density at radius 1 is 1.62 bits per heavy atom. The van der Waals surface area contributed by atoms with Gasteiger partial charge in [-0.2, -0.15) is 0 Å². The second-order valence-electron chi connectivity index (χ2n) is 2.60. The number of carbonyl (C=O) groups is 1. The third kappa shape index (κ3) is 8.81. The highest BCUT2D eigenvalue weighted by Gasteiger charge is 2.00. The molecular weight excluding hydrogens is 170 g/mol. The summed E-state index contributed by atoms with van der Waals surface area (Å²) in [6, 6.07) is 0. The third-order valence-electron chi connectivity index (χ3n) is 1.34. The van der Waals surface area contributed by atoms with Crippen molar-refractivity contribution in [2.75, 3.05) is 19.8 Å². The van der Waals surface area contributed by atoms with E-state index in [1.807, 2.05) is 6.92 Å². The van der Waals surface area contributed by atoms with Gasteiger partial charge in [-0.25, -0.2) is 0 Å². The first-order valence-electron chi connectivity index (χ1n) is 4.34. The number of hydrogen-bond acceptors (Lipinski definition) is 3. The Labute approximate surface area is 78.1 Å². The van der Waals surface area contributed by atoms with Gasteiger partial charge in [0.2, 0.25) is 5.91 Å². The average molecular weight is 187 g/mol. The van der Waals surface area contributed by atoms with Crippen molar-refractivity contribution in [1.82, 2.24) is 5.32 Å². The van der Waals surface area contributed by atoms with Crippen LogP contribution in [0.1, 0.15) is 19.8 Å². The Hall–Kier alpha value is -1.10. The molecule has 0 spiro atoms. The predicted octanol–water partition coefficient (Wildman–Crippen LogP) is -0.145. The van der Waals surface area contributed by atoms with Crippen LogP contribution in [-0.4, -0.2) is 31.5 Å². The Morgan fingerprint density at radius 2 is 2.31 bits per heavy atom. The Kier molecular flexibility index (Phi) is 6.91. The van der Waals surface area contributed by atoms with Gasteiger partial charge in [-0.1, -0.05) is 0 Å². The summed E-state index contributed by atoms with van der Waals surface area (Å²) in [6.07, 6.45) is 0.770. The van der Waals surface area contributed by atoms with E-state index < -0.39 is 0 Å². The smallest absolute Gasteiger partial charge is 0.227 e. The summed E-state index contributed by atoms with van der Waals surface area (Å²) >= 11 is 0. The summed E-state index contributed by atoms with van der Waals surface area (Å²) in [5.74, 6) is -0.314. The van der Waals surface area contributed by atoms with Crippen molar-refractivity contribution in [1.29, 1.82) is 5.41 Å². The van der Waals surface area contributed by atoms with Crippen LogP contribution in [0.15, 0.2) is 0 Å². The van der Waals surface area contributed by atoms with Crippen LogP contribution in [0.25, 0.3) is 0 Å². The highest BCUT2D eigenvalue weighted by Crippen LogP contribution is 1.82. The Morgan fingerprint density at radius 3 is 2.85 bits per heavy atom. The van der Waals surface area contributed by atoms with Gasteiger partial charge in [0.15, 0.2) is 0 Å². The molecule has 0 aliphatic heterocycles. The van der Waals surface area contributed by atoms with E-state index in [1.165, 1.54) is 0 Å². The quantitative estimate of drug-likeness (QED) is 0.294. The van der Waals surface area contributed by atoms with Crippen LogP contribution < -0.4 is 11.1 Å². The molecule has 0 aliphatic carbocycles.